The van der Waals surface area contributed by atoms with Crippen molar-refractivity contribution in [3.63, 3.8) is 0 Å². The van der Waals surface area contributed by atoms with E-state index in [2.05, 4.69) is 27.1 Å². The largest absolute Gasteiger partial charge is 0.326 e. The Morgan fingerprint density at radius 3 is 2.59 bits per heavy atom. The first-order valence-corrected chi connectivity index (χ1v) is 10.5. The lowest BCUT2D eigenvalue weighted by Crippen LogP contribution is -2.41. The van der Waals surface area contributed by atoms with E-state index in [9.17, 15) is 13.2 Å². The van der Waals surface area contributed by atoms with Crippen LogP contribution in [0.15, 0.2) is 30.5 Å². The van der Waals surface area contributed by atoms with Gasteiger partial charge in [0.15, 0.2) is 15.7 Å². The molecule has 0 saturated carbocycles. The lowest BCUT2D eigenvalue weighted by molar-refractivity contribution is 0.101. The summed E-state index contributed by atoms with van der Waals surface area (Å²) in [5.74, 6) is 0.380. The molecule has 142 valence electrons. The highest BCUT2D eigenvalue weighted by Gasteiger charge is 2.23. The lowest BCUT2D eigenvalue weighted by atomic mass is 10.00. The third-order valence-electron chi connectivity index (χ3n) is 4.62. The number of aromatic amines is 1. The summed E-state index contributed by atoms with van der Waals surface area (Å²) in [6.45, 7) is 4.05. The molecule has 1 aromatic heterocycles. The molecule has 1 aromatic carbocycles. The van der Waals surface area contributed by atoms with Gasteiger partial charge in [0.05, 0.1) is 17.7 Å². The number of carbonyl (C=O) groups excluding carboxylic acids is 1. The molecule has 1 atom stereocenters. The van der Waals surface area contributed by atoms with Gasteiger partial charge in [0.2, 0.25) is 0 Å². The van der Waals surface area contributed by atoms with E-state index in [1.807, 2.05) is 30.3 Å². The number of H-pyrrole nitrogens is 1. The monoisotopic (exact) mass is 387 g/mol. The molecule has 1 aliphatic heterocycles. The molecule has 0 radical (unpaired) electrons. The fraction of sp³-hybridized carbons (Fsp3) is 0.389. The Bertz CT molecular complexity index is 946. The number of nitrogens with one attached hydrogen (secondary N) is 2. The zero-order valence-electron chi connectivity index (χ0n) is 15.0. The van der Waals surface area contributed by atoms with Crippen LogP contribution in [0.2, 0.25) is 0 Å². The number of aromatic nitrogens is 2. The Balaban J connectivity index is 1.56. The van der Waals surface area contributed by atoms with Crippen molar-refractivity contribution < 1.29 is 13.2 Å². The summed E-state index contributed by atoms with van der Waals surface area (Å²) in [4.78, 5) is 20.8. The average molecular weight is 387 g/mol. The number of benzene rings is 1. The number of nitriles is 1. The van der Waals surface area contributed by atoms with Gasteiger partial charge in [-0.2, -0.15) is 5.26 Å². The molecule has 9 heteroatoms. The van der Waals surface area contributed by atoms with Crippen molar-refractivity contribution in [2.75, 3.05) is 36.5 Å². The predicted octanol–water partition coefficient (Wildman–Crippen LogP) is 1.37. The van der Waals surface area contributed by atoms with Crippen molar-refractivity contribution in [1.29, 1.82) is 5.26 Å². The van der Waals surface area contributed by atoms with Crippen LogP contribution in [-0.4, -0.2) is 60.3 Å². The van der Waals surface area contributed by atoms with Gasteiger partial charge >= 0.3 is 0 Å². The van der Waals surface area contributed by atoms with Crippen LogP contribution in [0.4, 0.5) is 5.69 Å². The summed E-state index contributed by atoms with van der Waals surface area (Å²) >= 11 is 0. The number of rotatable bonds is 5. The maximum absolute atomic E-state index is 12.1. The van der Waals surface area contributed by atoms with Crippen molar-refractivity contribution in [3.05, 3.63) is 47.5 Å². The molecule has 2 N–H and O–H groups in total. The Kier molecular flexibility index (Phi) is 5.58. The molecular formula is C18H21N5O3S. The molecule has 2 aromatic rings. The van der Waals surface area contributed by atoms with Gasteiger partial charge in [-0.05, 0) is 23.6 Å². The molecule has 2 heterocycles. The molecule has 0 spiro atoms. The van der Waals surface area contributed by atoms with E-state index in [-0.39, 0.29) is 28.9 Å². The van der Waals surface area contributed by atoms with Gasteiger partial charge in [-0.1, -0.05) is 19.1 Å². The summed E-state index contributed by atoms with van der Waals surface area (Å²) in [6.07, 6.45) is 1.31. The van der Waals surface area contributed by atoms with E-state index >= 15 is 0 Å². The van der Waals surface area contributed by atoms with Crippen LogP contribution in [0.25, 0.3) is 0 Å². The molecule has 3 rings (SSSR count). The summed E-state index contributed by atoms with van der Waals surface area (Å²) in [5.41, 5.74) is 1.98. The summed E-state index contributed by atoms with van der Waals surface area (Å²) in [5, 5.41) is 11.5. The second-order valence-electron chi connectivity index (χ2n) is 6.69. The first kappa shape index (κ1) is 19.1. The fourth-order valence-electron chi connectivity index (χ4n) is 3.00. The minimum absolute atomic E-state index is 0.0871. The van der Waals surface area contributed by atoms with Gasteiger partial charge < -0.3 is 15.2 Å². The summed E-state index contributed by atoms with van der Waals surface area (Å²) in [7, 11) is -2.86. The van der Waals surface area contributed by atoms with Crippen molar-refractivity contribution >= 4 is 21.4 Å². The number of carbonyl (C=O) groups is 1. The van der Waals surface area contributed by atoms with E-state index in [1.54, 1.807) is 0 Å². The minimum atomic E-state index is -2.86. The SMILES string of the molecule is CC(CN1CCS(=O)(=O)CC1)c1ccc(NC(=O)c2ncc(C#N)[nH]2)cc1. The van der Waals surface area contributed by atoms with Crippen LogP contribution in [-0.2, 0) is 9.84 Å². The van der Waals surface area contributed by atoms with Gasteiger partial charge in [-0.25, -0.2) is 13.4 Å². The van der Waals surface area contributed by atoms with Crippen LogP contribution >= 0.6 is 0 Å². The average Bonchev–Trinajstić information content (AvgIpc) is 3.13. The maximum atomic E-state index is 12.1. The highest BCUT2D eigenvalue weighted by molar-refractivity contribution is 7.91. The van der Waals surface area contributed by atoms with Crippen molar-refractivity contribution in [2.45, 2.75) is 12.8 Å². The van der Waals surface area contributed by atoms with Gasteiger partial charge in [-0.15, -0.1) is 0 Å². The standard InChI is InChI=1S/C18H21N5O3S/c1-13(12-23-6-8-27(25,26)9-7-23)14-2-4-15(5-3-14)22-18(24)17-20-11-16(10-19)21-17/h2-5,11,13H,6-9,12H2,1H3,(H,20,21)(H,22,24). The van der Waals surface area contributed by atoms with Crippen LogP contribution in [0, 0.1) is 11.3 Å². The number of amides is 1. The fourth-order valence-corrected chi connectivity index (χ4v) is 4.28. The highest BCUT2D eigenvalue weighted by atomic mass is 32.2. The molecule has 1 saturated heterocycles. The molecule has 1 aliphatic rings. The van der Waals surface area contributed by atoms with E-state index in [0.29, 0.717) is 18.8 Å². The van der Waals surface area contributed by atoms with Gasteiger partial charge in [0.1, 0.15) is 11.8 Å². The van der Waals surface area contributed by atoms with Gasteiger partial charge in [-0.3, -0.25) is 4.79 Å². The van der Waals surface area contributed by atoms with Crippen molar-refractivity contribution in [1.82, 2.24) is 14.9 Å². The molecule has 8 nitrogen and oxygen atoms in total. The van der Waals surface area contributed by atoms with E-state index < -0.39 is 15.7 Å². The lowest BCUT2D eigenvalue weighted by Gasteiger charge is -2.29. The van der Waals surface area contributed by atoms with Crippen molar-refractivity contribution in [2.24, 2.45) is 0 Å². The number of hydrogen-bond acceptors (Lipinski definition) is 6. The normalized spacial score (nSPS) is 17.8. The number of anilines is 1. The van der Waals surface area contributed by atoms with Crippen LogP contribution in [0.3, 0.4) is 0 Å². The summed E-state index contributed by atoms with van der Waals surface area (Å²) < 4.78 is 23.0. The zero-order valence-corrected chi connectivity index (χ0v) is 15.8. The predicted molar refractivity (Wildman–Crippen MR) is 101 cm³/mol. The Hall–Kier alpha value is -2.70. The zero-order chi connectivity index (χ0) is 19.4. The molecule has 0 aliphatic carbocycles. The quantitative estimate of drug-likeness (QED) is 0.800. The van der Waals surface area contributed by atoms with E-state index in [0.717, 1.165) is 12.1 Å². The molecule has 27 heavy (non-hydrogen) atoms. The number of hydrogen-bond donors (Lipinski definition) is 2. The first-order chi connectivity index (χ1) is 12.9. The number of sulfone groups is 1. The molecule has 0 bridgehead atoms. The maximum Gasteiger partial charge on any atom is 0.291 e. The molecule has 1 unspecified atom stereocenters. The van der Waals surface area contributed by atoms with Crippen molar-refractivity contribution in [3.8, 4) is 6.07 Å². The van der Waals surface area contributed by atoms with Crippen LogP contribution in [0.1, 0.15) is 34.7 Å². The topological polar surface area (TPSA) is 119 Å². The highest BCUT2D eigenvalue weighted by Crippen LogP contribution is 2.20. The molecule has 1 fully saturated rings. The third kappa shape index (κ3) is 4.93. The van der Waals surface area contributed by atoms with Crippen LogP contribution < -0.4 is 5.32 Å². The second-order valence-corrected chi connectivity index (χ2v) is 8.99. The molecular weight excluding hydrogens is 366 g/mol. The van der Waals surface area contributed by atoms with E-state index in [1.165, 1.54) is 6.20 Å². The Morgan fingerprint density at radius 2 is 2.00 bits per heavy atom. The smallest absolute Gasteiger partial charge is 0.291 e. The Morgan fingerprint density at radius 1 is 1.33 bits per heavy atom. The van der Waals surface area contributed by atoms with Crippen LogP contribution in [0.5, 0.6) is 0 Å². The number of nitrogens with zero attached hydrogens (tertiary/aromatic N) is 3. The summed E-state index contributed by atoms with van der Waals surface area (Å²) in [6, 6.07) is 9.42. The first-order valence-electron chi connectivity index (χ1n) is 8.65. The minimum Gasteiger partial charge on any atom is -0.326 e. The van der Waals surface area contributed by atoms with E-state index in [4.69, 9.17) is 5.26 Å². The number of imidazole rings is 1. The van der Waals surface area contributed by atoms with Gasteiger partial charge in [0.25, 0.3) is 5.91 Å². The second kappa shape index (κ2) is 7.90. The Labute approximate surface area is 158 Å². The molecule has 1 amide bonds. The third-order valence-corrected chi connectivity index (χ3v) is 6.23. The van der Waals surface area contributed by atoms with Gasteiger partial charge in [0, 0.05) is 25.3 Å².